The number of carbonyl (C=O) groups is 1. The van der Waals surface area contributed by atoms with Crippen molar-refractivity contribution in [2.45, 2.75) is 0 Å². The van der Waals surface area contributed by atoms with Crippen LogP contribution in [0.15, 0.2) is 36.4 Å². The Labute approximate surface area is 119 Å². The monoisotopic (exact) mass is 295 g/mol. The highest BCUT2D eigenvalue weighted by Crippen LogP contribution is 2.27. The van der Waals surface area contributed by atoms with E-state index in [-0.39, 0.29) is 22.1 Å². The Kier molecular flexibility index (Phi) is 4.10. The predicted octanol–water partition coefficient (Wildman–Crippen LogP) is 3.45. The van der Waals surface area contributed by atoms with Crippen LogP contribution >= 0.6 is 11.6 Å². The van der Waals surface area contributed by atoms with E-state index in [1.807, 2.05) is 0 Å². The van der Waals surface area contributed by atoms with Crippen LogP contribution in [-0.2, 0) is 0 Å². The van der Waals surface area contributed by atoms with Crippen LogP contribution in [-0.4, -0.2) is 18.1 Å². The molecule has 0 aromatic heterocycles. The number of amides is 1. The van der Waals surface area contributed by atoms with E-state index in [9.17, 15) is 14.3 Å². The minimum absolute atomic E-state index is 0.00329. The summed E-state index contributed by atoms with van der Waals surface area (Å²) in [6, 6.07) is 7.94. The minimum Gasteiger partial charge on any atom is -0.508 e. The van der Waals surface area contributed by atoms with Gasteiger partial charge in [0, 0.05) is 11.6 Å². The number of anilines is 1. The molecule has 4 nitrogen and oxygen atoms in total. The molecule has 0 fully saturated rings. The van der Waals surface area contributed by atoms with Gasteiger partial charge in [-0.05, 0) is 30.3 Å². The van der Waals surface area contributed by atoms with Crippen molar-refractivity contribution in [3.8, 4) is 11.5 Å². The lowest BCUT2D eigenvalue weighted by atomic mass is 10.2. The fourth-order valence-corrected chi connectivity index (χ4v) is 1.82. The lowest BCUT2D eigenvalue weighted by Gasteiger charge is -2.09. The van der Waals surface area contributed by atoms with Crippen LogP contribution in [0.4, 0.5) is 10.1 Å². The number of aromatic hydroxyl groups is 1. The maximum Gasteiger partial charge on any atom is 0.255 e. The van der Waals surface area contributed by atoms with Crippen LogP contribution in [0.3, 0.4) is 0 Å². The molecule has 20 heavy (non-hydrogen) atoms. The topological polar surface area (TPSA) is 58.6 Å². The molecular formula is C14H11ClFNO3. The maximum absolute atomic E-state index is 13.3. The van der Waals surface area contributed by atoms with Crippen molar-refractivity contribution < 1.29 is 19.0 Å². The lowest BCUT2D eigenvalue weighted by molar-refractivity contribution is 0.102. The first-order valence-corrected chi connectivity index (χ1v) is 6.02. The first-order chi connectivity index (χ1) is 9.51. The minimum atomic E-state index is -0.549. The zero-order chi connectivity index (χ0) is 14.7. The SMILES string of the molecule is COc1cc(C(=O)Nc2ccc(O)cc2Cl)ccc1F. The third-order valence-corrected chi connectivity index (χ3v) is 2.93. The van der Waals surface area contributed by atoms with Crippen molar-refractivity contribution in [1.82, 2.24) is 0 Å². The molecule has 0 radical (unpaired) electrons. The van der Waals surface area contributed by atoms with E-state index in [2.05, 4.69) is 5.32 Å². The van der Waals surface area contributed by atoms with Gasteiger partial charge in [0.05, 0.1) is 17.8 Å². The molecule has 0 unspecified atom stereocenters. The summed E-state index contributed by atoms with van der Waals surface area (Å²) in [4.78, 5) is 12.0. The molecule has 104 valence electrons. The van der Waals surface area contributed by atoms with Crippen LogP contribution in [0.1, 0.15) is 10.4 Å². The fraction of sp³-hybridized carbons (Fsp3) is 0.0714. The predicted molar refractivity (Wildman–Crippen MR) is 74.0 cm³/mol. The molecule has 0 aliphatic rings. The highest BCUT2D eigenvalue weighted by molar-refractivity contribution is 6.34. The molecule has 0 atom stereocenters. The van der Waals surface area contributed by atoms with Gasteiger partial charge < -0.3 is 15.2 Å². The van der Waals surface area contributed by atoms with Crippen LogP contribution in [0.5, 0.6) is 11.5 Å². The maximum atomic E-state index is 13.3. The molecule has 0 aliphatic carbocycles. The highest BCUT2D eigenvalue weighted by Gasteiger charge is 2.12. The molecule has 0 aliphatic heterocycles. The molecule has 0 saturated carbocycles. The van der Waals surface area contributed by atoms with Crippen molar-refractivity contribution >= 4 is 23.2 Å². The summed E-state index contributed by atoms with van der Waals surface area (Å²) in [5.41, 5.74) is 0.574. The highest BCUT2D eigenvalue weighted by atomic mass is 35.5. The number of hydrogen-bond donors (Lipinski definition) is 2. The normalized spacial score (nSPS) is 10.2. The third kappa shape index (κ3) is 3.00. The Bertz CT molecular complexity index is 661. The van der Waals surface area contributed by atoms with Crippen molar-refractivity contribution in [2.24, 2.45) is 0 Å². The Hall–Kier alpha value is -2.27. The number of methoxy groups -OCH3 is 1. The summed E-state index contributed by atoms with van der Waals surface area (Å²) in [6.07, 6.45) is 0. The number of nitrogens with one attached hydrogen (secondary N) is 1. The summed E-state index contributed by atoms with van der Waals surface area (Å²) < 4.78 is 18.1. The average Bonchev–Trinajstić information content (AvgIpc) is 2.42. The van der Waals surface area contributed by atoms with Gasteiger partial charge in [-0.1, -0.05) is 11.6 Å². The zero-order valence-corrected chi connectivity index (χ0v) is 11.2. The molecule has 0 bridgehead atoms. The quantitative estimate of drug-likeness (QED) is 0.853. The second-order valence-corrected chi connectivity index (χ2v) is 4.37. The molecule has 2 rings (SSSR count). The van der Waals surface area contributed by atoms with Crippen LogP contribution in [0, 0.1) is 5.82 Å². The number of phenolic OH excluding ortho intramolecular Hbond substituents is 1. The van der Waals surface area contributed by atoms with Gasteiger partial charge in [0.1, 0.15) is 5.75 Å². The molecule has 1 amide bonds. The van der Waals surface area contributed by atoms with Gasteiger partial charge in [-0.2, -0.15) is 0 Å². The molecule has 2 aromatic rings. The lowest BCUT2D eigenvalue weighted by Crippen LogP contribution is -2.12. The molecule has 6 heteroatoms. The van der Waals surface area contributed by atoms with E-state index < -0.39 is 11.7 Å². The Balaban J connectivity index is 2.24. The van der Waals surface area contributed by atoms with Gasteiger partial charge in [0.15, 0.2) is 11.6 Å². The third-order valence-electron chi connectivity index (χ3n) is 2.61. The summed E-state index contributed by atoms with van der Waals surface area (Å²) >= 11 is 5.89. The first-order valence-electron chi connectivity index (χ1n) is 5.64. The number of rotatable bonds is 3. The van der Waals surface area contributed by atoms with Gasteiger partial charge in [-0.15, -0.1) is 0 Å². The second-order valence-electron chi connectivity index (χ2n) is 3.97. The van der Waals surface area contributed by atoms with E-state index >= 15 is 0 Å². The summed E-state index contributed by atoms with van der Waals surface area (Å²) in [5.74, 6) is -1.03. The van der Waals surface area contributed by atoms with Crippen molar-refractivity contribution in [2.75, 3.05) is 12.4 Å². The van der Waals surface area contributed by atoms with Crippen molar-refractivity contribution in [3.63, 3.8) is 0 Å². The van der Waals surface area contributed by atoms with Crippen LogP contribution in [0.25, 0.3) is 0 Å². The molecule has 0 heterocycles. The van der Waals surface area contributed by atoms with Gasteiger partial charge in [0.25, 0.3) is 5.91 Å². The van der Waals surface area contributed by atoms with E-state index in [0.29, 0.717) is 5.69 Å². The van der Waals surface area contributed by atoms with E-state index in [4.69, 9.17) is 16.3 Å². The molecule has 0 spiro atoms. The standard InChI is InChI=1S/C14H11ClFNO3/c1-20-13-6-8(2-4-11(13)16)14(19)17-12-5-3-9(18)7-10(12)15/h2-7,18H,1H3,(H,17,19). The Morgan fingerprint density at radius 3 is 2.70 bits per heavy atom. The number of carbonyl (C=O) groups excluding carboxylic acids is 1. The summed E-state index contributed by atoms with van der Waals surface area (Å²) in [6.45, 7) is 0. The second kappa shape index (κ2) is 5.79. The number of phenols is 1. The van der Waals surface area contributed by atoms with Crippen LogP contribution < -0.4 is 10.1 Å². The molecular weight excluding hydrogens is 285 g/mol. The number of ether oxygens (including phenoxy) is 1. The summed E-state index contributed by atoms with van der Waals surface area (Å²) in [7, 11) is 1.32. The van der Waals surface area contributed by atoms with Crippen molar-refractivity contribution in [3.05, 3.63) is 52.8 Å². The first kappa shape index (κ1) is 14.1. The largest absolute Gasteiger partial charge is 0.508 e. The van der Waals surface area contributed by atoms with Crippen molar-refractivity contribution in [1.29, 1.82) is 0 Å². The smallest absolute Gasteiger partial charge is 0.255 e. The molecule has 0 saturated heterocycles. The van der Waals surface area contributed by atoms with E-state index in [1.165, 1.54) is 37.4 Å². The van der Waals surface area contributed by atoms with E-state index in [1.54, 1.807) is 0 Å². The fourth-order valence-electron chi connectivity index (χ4n) is 1.60. The van der Waals surface area contributed by atoms with E-state index in [0.717, 1.165) is 6.07 Å². The van der Waals surface area contributed by atoms with Crippen LogP contribution in [0.2, 0.25) is 5.02 Å². The number of benzene rings is 2. The Morgan fingerprint density at radius 1 is 1.30 bits per heavy atom. The molecule has 2 N–H and O–H groups in total. The van der Waals surface area contributed by atoms with Gasteiger partial charge >= 0.3 is 0 Å². The van der Waals surface area contributed by atoms with Gasteiger partial charge in [-0.25, -0.2) is 4.39 Å². The Morgan fingerprint density at radius 2 is 2.05 bits per heavy atom. The summed E-state index contributed by atoms with van der Waals surface area (Å²) in [5, 5.41) is 12.0. The van der Waals surface area contributed by atoms with Gasteiger partial charge in [-0.3, -0.25) is 4.79 Å². The number of hydrogen-bond acceptors (Lipinski definition) is 3. The molecule has 2 aromatic carbocycles. The average molecular weight is 296 g/mol. The van der Waals surface area contributed by atoms with Gasteiger partial charge in [0.2, 0.25) is 0 Å². The zero-order valence-electron chi connectivity index (χ0n) is 10.5. The number of halogens is 2.